The van der Waals surface area contributed by atoms with Gasteiger partial charge in [-0.15, -0.1) is 11.3 Å². The van der Waals surface area contributed by atoms with Gasteiger partial charge in [-0.3, -0.25) is 4.57 Å². The van der Waals surface area contributed by atoms with Gasteiger partial charge in [-0.1, -0.05) is 13.8 Å². The van der Waals surface area contributed by atoms with Crippen LogP contribution < -0.4 is 5.73 Å². The van der Waals surface area contributed by atoms with Crippen LogP contribution in [0.3, 0.4) is 0 Å². The summed E-state index contributed by atoms with van der Waals surface area (Å²) in [6.07, 6.45) is 2.21. The highest BCUT2D eigenvalue weighted by molar-refractivity contribution is 7.53. The number of hydrogen-bond donors (Lipinski definition) is 3. The second-order valence-electron chi connectivity index (χ2n) is 3.35. The summed E-state index contributed by atoms with van der Waals surface area (Å²) < 4.78 is 11.6. The number of anilines is 1. The molecule has 0 unspecified atom stereocenters. The number of nitrogen functional groups attached to an aromatic ring is 1. The summed E-state index contributed by atoms with van der Waals surface area (Å²) >= 11 is 1.15. The van der Waals surface area contributed by atoms with Crippen LogP contribution in [0.1, 0.15) is 31.6 Å². The third kappa shape index (κ3) is 2.08. The largest absolute Gasteiger partial charge is 0.375 e. The molecule has 1 aromatic heterocycles. The Hall–Kier alpha value is -0.420. The molecule has 7 heteroatoms. The van der Waals surface area contributed by atoms with Crippen molar-refractivity contribution in [3.05, 3.63) is 11.1 Å². The molecule has 1 aromatic rings. The first-order chi connectivity index (χ1) is 6.87. The van der Waals surface area contributed by atoms with Gasteiger partial charge in [0.25, 0.3) is 0 Å². The summed E-state index contributed by atoms with van der Waals surface area (Å²) in [5.41, 5.74) is 5.48. The van der Waals surface area contributed by atoms with Crippen molar-refractivity contribution in [3.63, 3.8) is 0 Å². The highest BCUT2D eigenvalue weighted by atomic mass is 32.1. The maximum Gasteiger partial charge on any atom is 0.336 e. The van der Waals surface area contributed by atoms with E-state index in [0.717, 1.165) is 11.3 Å². The molecule has 4 N–H and O–H groups in total. The topological polar surface area (TPSA) is 96.4 Å². The lowest BCUT2D eigenvalue weighted by Crippen LogP contribution is -2.23. The van der Waals surface area contributed by atoms with Crippen molar-refractivity contribution < 1.29 is 14.4 Å². The highest BCUT2D eigenvalue weighted by Gasteiger charge is 2.46. The molecule has 86 valence electrons. The van der Waals surface area contributed by atoms with Gasteiger partial charge in [-0.2, -0.15) is 0 Å². The molecule has 15 heavy (non-hydrogen) atoms. The molecule has 0 aliphatic carbocycles. The normalized spacial score (nSPS) is 13.1. The molecule has 0 bridgehead atoms. The molecule has 5 nitrogen and oxygen atoms in total. The lowest BCUT2D eigenvalue weighted by Gasteiger charge is -2.30. The zero-order valence-electron chi connectivity index (χ0n) is 8.67. The minimum atomic E-state index is -4.20. The monoisotopic (exact) mass is 250 g/mol. The fourth-order valence-corrected chi connectivity index (χ4v) is 4.23. The van der Waals surface area contributed by atoms with Crippen LogP contribution in [0.2, 0.25) is 0 Å². The molecule has 0 atom stereocenters. The van der Waals surface area contributed by atoms with E-state index in [2.05, 4.69) is 4.98 Å². The van der Waals surface area contributed by atoms with Crippen LogP contribution in [0.4, 0.5) is 5.13 Å². The van der Waals surface area contributed by atoms with Crippen molar-refractivity contribution in [2.75, 3.05) is 5.73 Å². The Labute approximate surface area is 92.5 Å². The lowest BCUT2D eigenvalue weighted by molar-refractivity contribution is 0.317. The average molecular weight is 250 g/mol. The number of rotatable bonds is 4. The second kappa shape index (κ2) is 4.22. The van der Waals surface area contributed by atoms with Crippen LogP contribution in [0.5, 0.6) is 0 Å². The Morgan fingerprint density at radius 1 is 1.53 bits per heavy atom. The fourth-order valence-electron chi connectivity index (χ4n) is 1.66. The number of thiazole rings is 1. The van der Waals surface area contributed by atoms with E-state index in [-0.39, 0.29) is 0 Å². The first-order valence-corrected chi connectivity index (χ1v) is 7.07. The van der Waals surface area contributed by atoms with Crippen LogP contribution in [0, 0.1) is 0 Å². The summed E-state index contributed by atoms with van der Waals surface area (Å²) in [5.74, 6) is 0. The van der Waals surface area contributed by atoms with E-state index in [1.165, 1.54) is 6.20 Å². The molecule has 0 fully saturated rings. The van der Waals surface area contributed by atoms with Gasteiger partial charge in [0.15, 0.2) is 5.13 Å². The predicted octanol–water partition coefficient (Wildman–Crippen LogP) is 1.92. The Morgan fingerprint density at radius 2 is 2.07 bits per heavy atom. The summed E-state index contributed by atoms with van der Waals surface area (Å²) in [5, 5.41) is -0.785. The van der Waals surface area contributed by atoms with E-state index in [1.54, 1.807) is 13.8 Å². The molecule has 0 saturated heterocycles. The summed E-state index contributed by atoms with van der Waals surface area (Å²) in [7, 11) is -4.20. The molecule has 0 saturated carbocycles. The quantitative estimate of drug-likeness (QED) is 0.709. The minimum absolute atomic E-state index is 0.338. The molecule has 0 aliphatic rings. The molecule has 1 rings (SSSR count). The van der Waals surface area contributed by atoms with E-state index in [9.17, 15) is 14.4 Å². The minimum Gasteiger partial charge on any atom is -0.375 e. The standard InChI is InChI=1S/C8H15N2O3PS/c1-3-8(4-2,14(11,12)13)6-5-10-7(9)15-6/h5H,3-4H2,1-2H3,(H2,9,10)(H2,11,12,13). The maximum atomic E-state index is 11.6. The Kier molecular flexibility index (Phi) is 3.55. The van der Waals surface area contributed by atoms with E-state index >= 15 is 0 Å². The first-order valence-electron chi connectivity index (χ1n) is 4.64. The second-order valence-corrected chi connectivity index (χ2v) is 6.35. The summed E-state index contributed by atoms with van der Waals surface area (Å²) in [6, 6.07) is 0. The summed E-state index contributed by atoms with van der Waals surface area (Å²) in [4.78, 5) is 23.3. The Bertz CT molecular complexity index is 383. The van der Waals surface area contributed by atoms with E-state index < -0.39 is 12.8 Å². The molecule has 0 amide bonds. The van der Waals surface area contributed by atoms with Gasteiger partial charge in [0.2, 0.25) is 0 Å². The molecule has 1 heterocycles. The van der Waals surface area contributed by atoms with Gasteiger partial charge in [-0.05, 0) is 12.8 Å². The smallest absolute Gasteiger partial charge is 0.336 e. The van der Waals surface area contributed by atoms with Gasteiger partial charge in [-0.25, -0.2) is 4.98 Å². The maximum absolute atomic E-state index is 11.6. The zero-order valence-corrected chi connectivity index (χ0v) is 10.4. The molecular formula is C8H15N2O3PS. The first kappa shape index (κ1) is 12.6. The van der Waals surface area contributed by atoms with Gasteiger partial charge >= 0.3 is 7.60 Å². The van der Waals surface area contributed by atoms with E-state index in [0.29, 0.717) is 22.9 Å². The Balaban J connectivity index is 3.29. The SMILES string of the molecule is CCC(CC)(c1cnc(N)s1)P(=O)(O)O. The fraction of sp³-hybridized carbons (Fsp3) is 0.625. The number of aromatic nitrogens is 1. The Morgan fingerprint density at radius 3 is 2.33 bits per heavy atom. The van der Waals surface area contributed by atoms with Crippen LogP contribution in [-0.2, 0) is 9.72 Å². The van der Waals surface area contributed by atoms with Crippen LogP contribution in [-0.4, -0.2) is 14.8 Å². The van der Waals surface area contributed by atoms with E-state index in [1.807, 2.05) is 0 Å². The summed E-state index contributed by atoms with van der Waals surface area (Å²) in [6.45, 7) is 3.52. The van der Waals surface area contributed by atoms with Gasteiger partial charge < -0.3 is 15.5 Å². The molecule has 0 aromatic carbocycles. The average Bonchev–Trinajstić information content (AvgIpc) is 2.53. The molecule has 0 spiro atoms. The van der Waals surface area contributed by atoms with Crippen molar-refractivity contribution in [1.82, 2.24) is 4.98 Å². The number of nitrogens with two attached hydrogens (primary N) is 1. The zero-order chi connectivity index (χ0) is 11.7. The van der Waals surface area contributed by atoms with Crippen molar-refractivity contribution in [2.24, 2.45) is 0 Å². The van der Waals surface area contributed by atoms with Crippen LogP contribution in [0.15, 0.2) is 6.20 Å². The molecule has 0 aliphatic heterocycles. The van der Waals surface area contributed by atoms with Crippen molar-refractivity contribution in [1.29, 1.82) is 0 Å². The van der Waals surface area contributed by atoms with Crippen molar-refractivity contribution in [2.45, 2.75) is 31.8 Å². The molecule has 0 radical (unpaired) electrons. The third-order valence-corrected chi connectivity index (χ3v) is 5.88. The van der Waals surface area contributed by atoms with Crippen LogP contribution >= 0.6 is 18.9 Å². The highest BCUT2D eigenvalue weighted by Crippen LogP contribution is 2.61. The molecular weight excluding hydrogens is 235 g/mol. The van der Waals surface area contributed by atoms with Crippen LogP contribution in [0.25, 0.3) is 0 Å². The van der Waals surface area contributed by atoms with E-state index in [4.69, 9.17) is 5.73 Å². The van der Waals surface area contributed by atoms with Gasteiger partial charge in [0, 0.05) is 11.1 Å². The van der Waals surface area contributed by atoms with Gasteiger partial charge in [0.1, 0.15) is 5.16 Å². The van der Waals surface area contributed by atoms with Crippen molar-refractivity contribution in [3.8, 4) is 0 Å². The predicted molar refractivity (Wildman–Crippen MR) is 60.8 cm³/mol. The van der Waals surface area contributed by atoms with Gasteiger partial charge in [0.05, 0.1) is 0 Å². The third-order valence-electron chi connectivity index (χ3n) is 2.71. The lowest BCUT2D eigenvalue weighted by atomic mass is 10.0. The number of hydrogen-bond acceptors (Lipinski definition) is 4. The number of nitrogens with zero attached hydrogens (tertiary/aromatic N) is 1. The van der Waals surface area contributed by atoms with Crippen molar-refractivity contribution >= 4 is 24.1 Å².